The molecule has 1 aromatic carbocycles. The minimum absolute atomic E-state index is 0.000316. The molecule has 1 saturated heterocycles. The molecular weight excluding hydrogens is 362 g/mol. The summed E-state index contributed by atoms with van der Waals surface area (Å²) in [6, 6.07) is 12.0. The third kappa shape index (κ3) is 4.39. The quantitative estimate of drug-likeness (QED) is 0.674. The van der Waals surface area contributed by atoms with Crippen LogP contribution in [-0.4, -0.2) is 55.6 Å². The van der Waals surface area contributed by atoms with Crippen molar-refractivity contribution in [3.63, 3.8) is 0 Å². The summed E-state index contributed by atoms with van der Waals surface area (Å²) in [5.74, 6) is 0.389. The summed E-state index contributed by atoms with van der Waals surface area (Å²) < 4.78 is 7.07. The van der Waals surface area contributed by atoms with E-state index < -0.39 is 0 Å². The molecule has 1 aliphatic heterocycles. The summed E-state index contributed by atoms with van der Waals surface area (Å²) in [5, 5.41) is 12.4. The summed E-state index contributed by atoms with van der Waals surface area (Å²) in [6.07, 6.45) is 3.49. The van der Waals surface area contributed by atoms with E-state index in [1.54, 1.807) is 12.1 Å². The van der Waals surface area contributed by atoms with Crippen LogP contribution in [0.3, 0.4) is 0 Å². The molecule has 27 heavy (non-hydrogen) atoms. The fourth-order valence-electron chi connectivity index (χ4n) is 3.12. The van der Waals surface area contributed by atoms with Gasteiger partial charge in [-0.2, -0.15) is 4.52 Å². The molecule has 1 fully saturated rings. The number of hydrogen-bond acceptors (Lipinski definition) is 6. The lowest BCUT2D eigenvalue weighted by Gasteiger charge is -2.31. The van der Waals surface area contributed by atoms with Crippen molar-refractivity contribution in [2.45, 2.75) is 29.9 Å². The van der Waals surface area contributed by atoms with Crippen molar-refractivity contribution in [1.82, 2.24) is 24.7 Å². The van der Waals surface area contributed by atoms with Crippen LogP contribution in [0.25, 0.3) is 5.65 Å². The summed E-state index contributed by atoms with van der Waals surface area (Å²) in [4.78, 5) is 15.6. The normalized spacial score (nSPS) is 15.2. The molecule has 3 aromatic rings. The van der Waals surface area contributed by atoms with E-state index in [2.05, 4.69) is 46.5 Å². The van der Waals surface area contributed by atoms with E-state index in [1.807, 2.05) is 16.7 Å². The molecule has 0 atom stereocenters. The molecule has 0 radical (unpaired) electrons. The van der Waals surface area contributed by atoms with Gasteiger partial charge in [0.2, 0.25) is 5.88 Å². The lowest BCUT2D eigenvalue weighted by molar-refractivity contribution is -0.134. The predicted octanol–water partition coefficient (Wildman–Crippen LogP) is 2.59. The molecule has 1 aliphatic rings. The van der Waals surface area contributed by atoms with Crippen LogP contribution < -0.4 is 4.74 Å². The topological polar surface area (TPSA) is 72.6 Å². The number of piperidine rings is 1. The Kier molecular flexibility index (Phi) is 5.24. The number of rotatable bonds is 5. The van der Waals surface area contributed by atoms with Crippen LogP contribution in [0, 0.1) is 6.92 Å². The Bertz CT molecular complexity index is 937. The van der Waals surface area contributed by atoms with Gasteiger partial charge in [-0.25, -0.2) is 0 Å². The Morgan fingerprint density at radius 1 is 1.26 bits per heavy atom. The van der Waals surface area contributed by atoms with Gasteiger partial charge < -0.3 is 9.64 Å². The van der Waals surface area contributed by atoms with Crippen molar-refractivity contribution in [3.05, 3.63) is 48.3 Å². The minimum atomic E-state index is -0.00365. The van der Waals surface area contributed by atoms with Crippen molar-refractivity contribution in [3.8, 4) is 5.88 Å². The third-order valence-electron chi connectivity index (χ3n) is 4.57. The lowest BCUT2D eigenvalue weighted by Crippen LogP contribution is -2.41. The number of aromatic nitrogens is 4. The number of carbonyl (C=O) groups is 1. The average molecular weight is 383 g/mol. The molecule has 0 spiro atoms. The van der Waals surface area contributed by atoms with E-state index in [-0.39, 0.29) is 12.5 Å². The minimum Gasteiger partial charge on any atom is -0.467 e. The Morgan fingerprint density at radius 3 is 2.93 bits per heavy atom. The van der Waals surface area contributed by atoms with E-state index in [0.29, 0.717) is 16.8 Å². The van der Waals surface area contributed by atoms with Gasteiger partial charge in [0.05, 0.1) is 0 Å². The van der Waals surface area contributed by atoms with E-state index in [1.165, 1.54) is 21.3 Å². The molecule has 0 bridgehead atoms. The van der Waals surface area contributed by atoms with Crippen LogP contribution in [0.5, 0.6) is 5.88 Å². The molecule has 8 heteroatoms. The van der Waals surface area contributed by atoms with Crippen molar-refractivity contribution in [1.29, 1.82) is 0 Å². The van der Waals surface area contributed by atoms with Gasteiger partial charge in [0, 0.05) is 29.3 Å². The first-order valence-corrected chi connectivity index (χ1v) is 9.86. The van der Waals surface area contributed by atoms with Crippen molar-refractivity contribution in [2.24, 2.45) is 0 Å². The SMILES string of the molecule is Cc1cccc(SC2CCN(C(=O)COc3ccc4nncn4n3)CC2)c1. The van der Waals surface area contributed by atoms with Crippen LogP contribution >= 0.6 is 11.8 Å². The van der Waals surface area contributed by atoms with Crippen LogP contribution in [0.2, 0.25) is 0 Å². The molecule has 3 heterocycles. The van der Waals surface area contributed by atoms with Gasteiger partial charge in [0.25, 0.3) is 5.91 Å². The smallest absolute Gasteiger partial charge is 0.260 e. The zero-order chi connectivity index (χ0) is 18.6. The summed E-state index contributed by atoms with van der Waals surface area (Å²) in [5.41, 5.74) is 1.92. The largest absolute Gasteiger partial charge is 0.467 e. The standard InChI is InChI=1S/C19H21N5O2S/c1-14-3-2-4-16(11-14)27-15-7-9-23(10-8-15)19(25)12-26-18-6-5-17-21-20-13-24(17)22-18/h2-6,11,13,15H,7-10,12H2,1H3. The molecule has 140 valence electrons. The van der Waals surface area contributed by atoms with Gasteiger partial charge in [-0.1, -0.05) is 17.7 Å². The summed E-state index contributed by atoms with van der Waals surface area (Å²) >= 11 is 1.91. The highest BCUT2D eigenvalue weighted by Gasteiger charge is 2.23. The maximum Gasteiger partial charge on any atom is 0.260 e. The van der Waals surface area contributed by atoms with Gasteiger partial charge in [-0.05, 0) is 38.0 Å². The number of aryl methyl sites for hydroxylation is 1. The summed E-state index contributed by atoms with van der Waals surface area (Å²) in [7, 11) is 0. The fraction of sp³-hybridized carbons (Fsp3) is 0.368. The van der Waals surface area contributed by atoms with E-state index >= 15 is 0 Å². The zero-order valence-corrected chi connectivity index (χ0v) is 15.9. The fourth-order valence-corrected chi connectivity index (χ4v) is 4.36. The molecular formula is C19H21N5O2S. The summed E-state index contributed by atoms with van der Waals surface area (Å²) in [6.45, 7) is 3.64. The molecule has 4 rings (SSSR count). The number of hydrogen-bond donors (Lipinski definition) is 0. The first-order chi connectivity index (χ1) is 13.2. The van der Waals surface area contributed by atoms with E-state index in [0.717, 1.165) is 25.9 Å². The number of benzene rings is 1. The molecule has 2 aromatic heterocycles. The Morgan fingerprint density at radius 2 is 2.11 bits per heavy atom. The van der Waals surface area contributed by atoms with Crippen molar-refractivity contribution >= 4 is 23.3 Å². The number of nitrogens with zero attached hydrogens (tertiary/aromatic N) is 5. The van der Waals surface area contributed by atoms with E-state index in [4.69, 9.17) is 4.74 Å². The molecule has 0 N–H and O–H groups in total. The molecule has 0 aliphatic carbocycles. The molecule has 0 unspecified atom stereocenters. The number of ether oxygens (including phenoxy) is 1. The Hall–Kier alpha value is -2.61. The Balaban J connectivity index is 1.25. The highest BCUT2D eigenvalue weighted by molar-refractivity contribution is 8.00. The number of likely N-dealkylation sites (tertiary alicyclic amines) is 1. The second kappa shape index (κ2) is 7.96. The van der Waals surface area contributed by atoms with Crippen LogP contribution in [-0.2, 0) is 4.79 Å². The first-order valence-electron chi connectivity index (χ1n) is 8.98. The maximum atomic E-state index is 12.4. The van der Waals surface area contributed by atoms with Gasteiger partial charge in [-0.15, -0.1) is 27.1 Å². The molecule has 1 amide bonds. The molecule has 7 nitrogen and oxygen atoms in total. The van der Waals surface area contributed by atoms with Gasteiger partial charge in [0.15, 0.2) is 12.3 Å². The molecule has 0 saturated carbocycles. The third-order valence-corrected chi connectivity index (χ3v) is 5.90. The van der Waals surface area contributed by atoms with Gasteiger partial charge in [-0.3, -0.25) is 4.79 Å². The number of fused-ring (bicyclic) bond motifs is 1. The van der Waals surface area contributed by atoms with Crippen LogP contribution in [0.4, 0.5) is 0 Å². The predicted molar refractivity (Wildman–Crippen MR) is 103 cm³/mol. The van der Waals surface area contributed by atoms with Crippen LogP contribution in [0.1, 0.15) is 18.4 Å². The number of thioether (sulfide) groups is 1. The van der Waals surface area contributed by atoms with E-state index in [9.17, 15) is 4.79 Å². The second-order valence-electron chi connectivity index (χ2n) is 6.61. The second-order valence-corrected chi connectivity index (χ2v) is 7.98. The zero-order valence-electron chi connectivity index (χ0n) is 15.1. The number of carbonyl (C=O) groups excluding carboxylic acids is 1. The van der Waals surface area contributed by atoms with Crippen molar-refractivity contribution < 1.29 is 9.53 Å². The Labute approximate surface area is 161 Å². The maximum absolute atomic E-state index is 12.4. The highest BCUT2D eigenvalue weighted by atomic mass is 32.2. The highest BCUT2D eigenvalue weighted by Crippen LogP contribution is 2.30. The lowest BCUT2D eigenvalue weighted by atomic mass is 10.1. The first kappa shape index (κ1) is 17.8. The van der Waals surface area contributed by atoms with Crippen molar-refractivity contribution in [2.75, 3.05) is 19.7 Å². The monoisotopic (exact) mass is 383 g/mol. The van der Waals surface area contributed by atoms with Crippen LogP contribution in [0.15, 0.2) is 47.6 Å². The average Bonchev–Trinajstić information content (AvgIpc) is 3.14. The van der Waals surface area contributed by atoms with Gasteiger partial charge >= 0.3 is 0 Å². The number of amides is 1. The van der Waals surface area contributed by atoms with Gasteiger partial charge in [0.1, 0.15) is 6.33 Å².